The van der Waals surface area contributed by atoms with Crippen molar-refractivity contribution in [1.29, 1.82) is 0 Å². The molecule has 0 unspecified atom stereocenters. The Balaban J connectivity index is 4.44. The Labute approximate surface area is 165 Å². The zero-order valence-electron chi connectivity index (χ0n) is 18.9. The molecule has 0 aliphatic carbocycles. The summed E-state index contributed by atoms with van der Waals surface area (Å²) in [5.41, 5.74) is -0.902. The standard InChI is InChI=1S/C21H41NO5/c1-19(2,3)16-25-13-10-22(11-14-26-17(23)20(4,5)6)12-15-27-18(24)21(7,8)9/h10-16H2,1-9H3. The lowest BCUT2D eigenvalue weighted by Gasteiger charge is -2.25. The molecule has 0 saturated carbocycles. The molecule has 0 spiro atoms. The Kier molecular flexibility index (Phi) is 10.5. The summed E-state index contributed by atoms with van der Waals surface area (Å²) in [7, 11) is 0. The fourth-order valence-electron chi connectivity index (χ4n) is 1.88. The maximum Gasteiger partial charge on any atom is 0.311 e. The molecule has 6 heteroatoms. The predicted molar refractivity (Wildman–Crippen MR) is 108 cm³/mol. The van der Waals surface area contributed by atoms with Crippen molar-refractivity contribution in [3.8, 4) is 0 Å². The SMILES string of the molecule is CC(C)(C)COCCN(CCOC(=O)C(C)(C)C)CCOC(=O)C(C)(C)C. The van der Waals surface area contributed by atoms with Gasteiger partial charge in [-0.15, -0.1) is 0 Å². The first-order chi connectivity index (χ1) is 12.1. The predicted octanol–water partition coefficient (Wildman–Crippen LogP) is 3.53. The molecule has 0 rings (SSSR count). The molecule has 0 saturated heterocycles. The lowest BCUT2D eigenvalue weighted by Crippen LogP contribution is -2.37. The van der Waals surface area contributed by atoms with E-state index in [2.05, 4.69) is 25.7 Å². The third-order valence-electron chi connectivity index (χ3n) is 3.59. The summed E-state index contributed by atoms with van der Waals surface area (Å²) in [4.78, 5) is 25.9. The van der Waals surface area contributed by atoms with Crippen molar-refractivity contribution in [2.24, 2.45) is 16.2 Å². The van der Waals surface area contributed by atoms with Gasteiger partial charge in [-0.1, -0.05) is 20.8 Å². The highest BCUT2D eigenvalue weighted by Crippen LogP contribution is 2.16. The monoisotopic (exact) mass is 387 g/mol. The average molecular weight is 388 g/mol. The van der Waals surface area contributed by atoms with Gasteiger partial charge >= 0.3 is 11.9 Å². The number of ether oxygens (including phenoxy) is 3. The lowest BCUT2D eigenvalue weighted by molar-refractivity contribution is -0.154. The number of rotatable bonds is 10. The van der Waals surface area contributed by atoms with Gasteiger partial charge < -0.3 is 14.2 Å². The van der Waals surface area contributed by atoms with Crippen molar-refractivity contribution >= 4 is 11.9 Å². The first-order valence-electron chi connectivity index (χ1n) is 9.77. The minimum Gasteiger partial charge on any atom is -0.464 e. The van der Waals surface area contributed by atoms with Crippen LogP contribution < -0.4 is 0 Å². The highest BCUT2D eigenvalue weighted by molar-refractivity contribution is 5.75. The molecule has 0 heterocycles. The zero-order valence-corrected chi connectivity index (χ0v) is 18.9. The number of carbonyl (C=O) groups excluding carboxylic acids is 2. The van der Waals surface area contributed by atoms with Crippen molar-refractivity contribution < 1.29 is 23.8 Å². The van der Waals surface area contributed by atoms with Crippen molar-refractivity contribution in [2.45, 2.75) is 62.3 Å². The van der Waals surface area contributed by atoms with Crippen LogP contribution in [0.25, 0.3) is 0 Å². The summed E-state index contributed by atoms with van der Waals surface area (Å²) in [6.07, 6.45) is 0. The Morgan fingerprint density at radius 1 is 0.667 bits per heavy atom. The molecule has 0 aliphatic heterocycles. The summed E-state index contributed by atoms with van der Waals surface area (Å²) in [6, 6.07) is 0. The second-order valence-electron chi connectivity index (χ2n) is 10.2. The maximum atomic E-state index is 11.9. The number of carbonyl (C=O) groups is 2. The van der Waals surface area contributed by atoms with E-state index in [1.54, 1.807) is 0 Å². The van der Waals surface area contributed by atoms with Crippen molar-refractivity contribution in [3.05, 3.63) is 0 Å². The Bertz CT molecular complexity index is 423. The van der Waals surface area contributed by atoms with Crippen LogP contribution in [0.1, 0.15) is 62.3 Å². The van der Waals surface area contributed by atoms with Gasteiger partial charge in [0.1, 0.15) is 13.2 Å². The van der Waals surface area contributed by atoms with Crippen molar-refractivity contribution in [2.75, 3.05) is 46.1 Å². The van der Waals surface area contributed by atoms with E-state index in [-0.39, 0.29) is 17.4 Å². The molecule has 0 atom stereocenters. The van der Waals surface area contributed by atoms with Gasteiger partial charge in [0, 0.05) is 19.6 Å². The normalized spacial score (nSPS) is 13.0. The summed E-state index contributed by atoms with van der Waals surface area (Å²) in [5.74, 6) is -0.434. The second-order valence-corrected chi connectivity index (χ2v) is 10.2. The van der Waals surface area contributed by atoms with Crippen molar-refractivity contribution in [1.82, 2.24) is 4.90 Å². The summed E-state index contributed by atoms with van der Waals surface area (Å²) < 4.78 is 16.4. The molecule has 0 N–H and O–H groups in total. The van der Waals surface area contributed by atoms with Crippen LogP contribution in [0, 0.1) is 16.2 Å². The Morgan fingerprint density at radius 3 is 1.37 bits per heavy atom. The van der Waals surface area contributed by atoms with Crippen LogP contribution in [-0.4, -0.2) is 62.9 Å². The van der Waals surface area contributed by atoms with Crippen LogP contribution in [0.2, 0.25) is 0 Å². The van der Waals surface area contributed by atoms with Crippen LogP contribution in [0.15, 0.2) is 0 Å². The molecule has 160 valence electrons. The molecule has 0 bridgehead atoms. The van der Waals surface area contributed by atoms with Crippen molar-refractivity contribution in [3.63, 3.8) is 0 Å². The van der Waals surface area contributed by atoms with Gasteiger partial charge in [-0.2, -0.15) is 0 Å². The van der Waals surface area contributed by atoms with Crippen LogP contribution in [0.3, 0.4) is 0 Å². The number of hydrogen-bond acceptors (Lipinski definition) is 6. The van der Waals surface area contributed by atoms with Gasteiger partial charge in [0.05, 0.1) is 24.0 Å². The summed E-state index contributed by atoms with van der Waals surface area (Å²) >= 11 is 0. The van der Waals surface area contributed by atoms with Gasteiger partial charge in [-0.3, -0.25) is 14.5 Å². The average Bonchev–Trinajstić information content (AvgIpc) is 2.47. The number of nitrogens with zero attached hydrogens (tertiary/aromatic N) is 1. The Morgan fingerprint density at radius 2 is 1.04 bits per heavy atom. The van der Waals surface area contributed by atoms with Crippen LogP contribution in [0.5, 0.6) is 0 Å². The van der Waals surface area contributed by atoms with E-state index in [0.29, 0.717) is 46.1 Å². The van der Waals surface area contributed by atoms with Gasteiger partial charge in [0.25, 0.3) is 0 Å². The second kappa shape index (κ2) is 11.0. The minimum absolute atomic E-state index is 0.120. The van der Waals surface area contributed by atoms with Gasteiger partial charge in [0.15, 0.2) is 0 Å². The highest BCUT2D eigenvalue weighted by Gasteiger charge is 2.24. The van der Waals surface area contributed by atoms with E-state index >= 15 is 0 Å². The summed E-state index contributed by atoms with van der Waals surface area (Å²) in [5, 5.41) is 0. The van der Waals surface area contributed by atoms with Crippen LogP contribution in [-0.2, 0) is 23.8 Å². The molecule has 0 aliphatic rings. The summed E-state index contributed by atoms with van der Waals surface area (Å²) in [6.45, 7) is 21.1. The lowest BCUT2D eigenvalue weighted by atomic mass is 9.97. The van der Waals surface area contributed by atoms with E-state index < -0.39 is 10.8 Å². The quantitative estimate of drug-likeness (QED) is 0.422. The van der Waals surface area contributed by atoms with E-state index in [0.717, 1.165) is 0 Å². The molecule has 0 aromatic heterocycles. The van der Waals surface area contributed by atoms with Crippen LogP contribution in [0.4, 0.5) is 0 Å². The minimum atomic E-state index is -0.511. The largest absolute Gasteiger partial charge is 0.464 e. The molecular formula is C21H41NO5. The third kappa shape index (κ3) is 13.6. The van der Waals surface area contributed by atoms with E-state index in [4.69, 9.17) is 14.2 Å². The first kappa shape index (κ1) is 25.9. The Hall–Kier alpha value is -1.14. The van der Waals surface area contributed by atoms with Gasteiger partial charge in [-0.25, -0.2) is 0 Å². The molecule has 0 radical (unpaired) electrons. The molecule has 27 heavy (non-hydrogen) atoms. The fraction of sp³-hybridized carbons (Fsp3) is 0.905. The molecule has 6 nitrogen and oxygen atoms in total. The van der Waals surface area contributed by atoms with E-state index in [1.165, 1.54) is 0 Å². The van der Waals surface area contributed by atoms with Gasteiger partial charge in [0.2, 0.25) is 0 Å². The van der Waals surface area contributed by atoms with E-state index in [9.17, 15) is 9.59 Å². The topological polar surface area (TPSA) is 65.1 Å². The third-order valence-corrected chi connectivity index (χ3v) is 3.59. The van der Waals surface area contributed by atoms with E-state index in [1.807, 2.05) is 41.5 Å². The molecule has 0 amide bonds. The van der Waals surface area contributed by atoms with Crippen LogP contribution >= 0.6 is 0 Å². The van der Waals surface area contributed by atoms with Gasteiger partial charge in [-0.05, 0) is 47.0 Å². The molecule has 0 fully saturated rings. The number of esters is 2. The zero-order chi connectivity index (χ0) is 21.3. The number of hydrogen-bond donors (Lipinski definition) is 0. The highest BCUT2D eigenvalue weighted by atomic mass is 16.5. The molecular weight excluding hydrogens is 346 g/mol. The maximum absolute atomic E-state index is 11.9. The first-order valence-corrected chi connectivity index (χ1v) is 9.77. The molecule has 0 aromatic rings. The fourth-order valence-corrected chi connectivity index (χ4v) is 1.88. The smallest absolute Gasteiger partial charge is 0.311 e. The molecule has 0 aromatic carbocycles.